The molecule has 3 aromatic rings. The van der Waals surface area contributed by atoms with Crippen LogP contribution in [0.5, 0.6) is 11.6 Å². The summed E-state index contributed by atoms with van der Waals surface area (Å²) >= 11 is 12.9. The molecule has 42 heavy (non-hydrogen) atoms. The highest BCUT2D eigenvalue weighted by Gasteiger charge is 2.49. The fraction of sp³-hybridized carbons (Fsp3) is 0.483. The summed E-state index contributed by atoms with van der Waals surface area (Å²) in [5, 5.41) is 7.43. The van der Waals surface area contributed by atoms with E-state index in [0.29, 0.717) is 45.6 Å². The zero-order valence-electron chi connectivity index (χ0n) is 24.3. The summed E-state index contributed by atoms with van der Waals surface area (Å²) < 4.78 is 27.8. The van der Waals surface area contributed by atoms with Crippen molar-refractivity contribution in [3.8, 4) is 34.5 Å². The molecule has 0 saturated heterocycles. The van der Waals surface area contributed by atoms with Gasteiger partial charge in [0.05, 0.1) is 23.3 Å². The summed E-state index contributed by atoms with van der Waals surface area (Å²) in [4.78, 5) is 34.1. The minimum absolute atomic E-state index is 0.0763. The van der Waals surface area contributed by atoms with Crippen LogP contribution in [-0.4, -0.2) is 57.1 Å². The number of carbonyl (C=O) groups is 2. The first-order valence-electron chi connectivity index (χ1n) is 13.6. The highest BCUT2D eigenvalue weighted by atomic mass is 35.5. The summed E-state index contributed by atoms with van der Waals surface area (Å²) in [5.41, 5.74) is -0.928. The lowest BCUT2D eigenvalue weighted by molar-refractivity contribution is -0.151. The average Bonchev–Trinajstić information content (AvgIpc) is 3.52. The first-order chi connectivity index (χ1) is 19.8. The quantitative estimate of drug-likeness (QED) is 0.259. The van der Waals surface area contributed by atoms with E-state index in [1.807, 2.05) is 13.8 Å². The van der Waals surface area contributed by atoms with Gasteiger partial charge >= 0.3 is 12.1 Å². The van der Waals surface area contributed by atoms with E-state index in [4.69, 9.17) is 46.7 Å². The molecule has 2 aromatic heterocycles. The van der Waals surface area contributed by atoms with Crippen LogP contribution in [-0.2, 0) is 14.3 Å². The van der Waals surface area contributed by atoms with Crippen LogP contribution >= 0.6 is 23.2 Å². The molecule has 2 heterocycles. The number of benzene rings is 1. The van der Waals surface area contributed by atoms with Gasteiger partial charge < -0.3 is 28.8 Å². The maximum atomic E-state index is 12.9. The molecule has 2 unspecified atom stereocenters. The number of nitrogens with zero attached hydrogens (tertiary/aromatic N) is 3. The third-order valence-corrected chi connectivity index (χ3v) is 6.77. The number of esters is 1. The maximum absolute atomic E-state index is 12.9. The molecule has 1 N–H and O–H groups in total. The van der Waals surface area contributed by atoms with Gasteiger partial charge in [-0.3, -0.25) is 0 Å². The lowest BCUT2D eigenvalue weighted by Crippen LogP contribution is -2.55. The fourth-order valence-corrected chi connectivity index (χ4v) is 4.93. The molecule has 13 heteroatoms. The topological polar surface area (TPSA) is 135 Å². The van der Waals surface area contributed by atoms with Gasteiger partial charge in [0.15, 0.2) is 0 Å². The number of alkyl carbamates (subject to hydrolysis) is 1. The average molecular weight is 622 g/mol. The van der Waals surface area contributed by atoms with E-state index in [1.165, 1.54) is 6.20 Å². The fourth-order valence-electron chi connectivity index (χ4n) is 4.46. The van der Waals surface area contributed by atoms with E-state index < -0.39 is 23.2 Å². The van der Waals surface area contributed by atoms with E-state index in [2.05, 4.69) is 20.4 Å². The number of aromatic nitrogens is 3. The van der Waals surface area contributed by atoms with Gasteiger partial charge in [0.1, 0.15) is 28.0 Å². The van der Waals surface area contributed by atoms with E-state index in [1.54, 1.807) is 52.0 Å². The minimum Gasteiger partial charge on any atom is -0.490 e. The Morgan fingerprint density at radius 3 is 2.60 bits per heavy atom. The van der Waals surface area contributed by atoms with Gasteiger partial charge in [-0.05, 0) is 78.6 Å². The maximum Gasteiger partial charge on any atom is 0.408 e. The molecular formula is C29H34Cl2N4O7. The third-order valence-electron chi connectivity index (χ3n) is 6.19. The molecule has 1 aliphatic carbocycles. The van der Waals surface area contributed by atoms with Gasteiger partial charge in [0, 0.05) is 18.2 Å². The van der Waals surface area contributed by atoms with Crippen molar-refractivity contribution >= 4 is 35.3 Å². The van der Waals surface area contributed by atoms with Crippen molar-refractivity contribution in [3.05, 3.63) is 40.5 Å². The molecule has 2 atom stereocenters. The molecule has 11 nitrogen and oxygen atoms in total. The monoisotopic (exact) mass is 620 g/mol. The number of halogens is 2. The second-order valence-electron chi connectivity index (χ2n) is 11.2. The Labute approximate surface area is 254 Å². The summed E-state index contributed by atoms with van der Waals surface area (Å²) in [5.74, 6) is 0.749. The molecular weight excluding hydrogens is 587 g/mol. The normalized spacial score (nSPS) is 18.5. The molecule has 1 aliphatic rings. The number of pyridine rings is 1. The first-order valence-corrected chi connectivity index (χ1v) is 14.4. The number of amides is 1. The number of carbonyl (C=O) groups excluding carboxylic acids is 2. The molecule has 0 aliphatic heterocycles. The van der Waals surface area contributed by atoms with Gasteiger partial charge in [-0.15, -0.1) is 0 Å². The summed E-state index contributed by atoms with van der Waals surface area (Å²) in [6.45, 7) is 10.9. The van der Waals surface area contributed by atoms with Crippen molar-refractivity contribution in [1.82, 2.24) is 20.4 Å². The predicted octanol–water partition coefficient (Wildman–Crippen LogP) is 6.65. The lowest BCUT2D eigenvalue weighted by Gasteiger charge is -2.29. The van der Waals surface area contributed by atoms with Gasteiger partial charge in [0.25, 0.3) is 5.89 Å². The second-order valence-corrected chi connectivity index (χ2v) is 12.0. The van der Waals surface area contributed by atoms with Gasteiger partial charge in [-0.2, -0.15) is 4.98 Å². The van der Waals surface area contributed by atoms with Crippen LogP contribution in [0.4, 0.5) is 4.79 Å². The lowest BCUT2D eigenvalue weighted by atomic mass is 9.98. The Hall–Kier alpha value is -3.57. The Morgan fingerprint density at radius 1 is 1.19 bits per heavy atom. The molecule has 0 bridgehead atoms. The number of hydrogen-bond acceptors (Lipinski definition) is 10. The molecule has 226 valence electrons. The molecule has 1 saturated carbocycles. The highest BCUT2D eigenvalue weighted by Crippen LogP contribution is 2.37. The Bertz CT molecular complexity index is 1440. The second kappa shape index (κ2) is 12.7. The van der Waals surface area contributed by atoms with Crippen molar-refractivity contribution in [2.75, 3.05) is 6.61 Å². The van der Waals surface area contributed by atoms with Crippen LogP contribution < -0.4 is 14.8 Å². The van der Waals surface area contributed by atoms with Gasteiger partial charge in [0.2, 0.25) is 11.7 Å². The van der Waals surface area contributed by atoms with Crippen LogP contribution in [0, 0.1) is 0 Å². The predicted molar refractivity (Wildman–Crippen MR) is 156 cm³/mol. The van der Waals surface area contributed by atoms with Crippen molar-refractivity contribution in [1.29, 1.82) is 0 Å². The highest BCUT2D eigenvalue weighted by molar-refractivity contribution is 6.33. The van der Waals surface area contributed by atoms with E-state index in [9.17, 15) is 9.59 Å². The van der Waals surface area contributed by atoms with Crippen molar-refractivity contribution in [2.45, 2.75) is 84.2 Å². The van der Waals surface area contributed by atoms with Crippen molar-refractivity contribution in [2.24, 2.45) is 0 Å². The van der Waals surface area contributed by atoms with Gasteiger partial charge in [-0.1, -0.05) is 28.4 Å². The zero-order valence-corrected chi connectivity index (χ0v) is 25.8. The number of ether oxygens (including phenoxy) is 4. The van der Waals surface area contributed by atoms with Crippen LogP contribution in [0.2, 0.25) is 10.0 Å². The number of hydrogen-bond donors (Lipinski definition) is 1. The number of rotatable bonds is 9. The Kier molecular flexibility index (Phi) is 9.52. The van der Waals surface area contributed by atoms with Crippen molar-refractivity contribution in [3.63, 3.8) is 0 Å². The van der Waals surface area contributed by atoms with Gasteiger partial charge in [-0.25, -0.2) is 14.6 Å². The SMILES string of the molecule is CCOC(=O)C1(NC(=O)OC(C)(C)C)CCC(Oc2ccc(-c3noc(-c4cnc(OC(C)C)c(Cl)c4)n3)c(Cl)c2)C1. The molecule has 1 aromatic carbocycles. The molecule has 0 radical (unpaired) electrons. The Balaban J connectivity index is 1.46. The summed E-state index contributed by atoms with van der Waals surface area (Å²) in [6.07, 6.45) is 1.42. The largest absolute Gasteiger partial charge is 0.490 e. The molecule has 4 rings (SSSR count). The number of nitrogens with one attached hydrogen (secondary N) is 1. The third kappa shape index (κ3) is 7.63. The van der Waals surface area contributed by atoms with Crippen LogP contribution in [0.1, 0.15) is 60.8 Å². The van der Waals surface area contributed by atoms with E-state index in [0.717, 1.165) is 0 Å². The minimum atomic E-state index is -1.26. The van der Waals surface area contributed by atoms with Crippen molar-refractivity contribution < 1.29 is 33.1 Å². The van der Waals surface area contributed by atoms with Crippen LogP contribution in [0.3, 0.4) is 0 Å². The van der Waals surface area contributed by atoms with Crippen LogP contribution in [0.25, 0.3) is 22.8 Å². The van der Waals surface area contributed by atoms with E-state index >= 15 is 0 Å². The molecule has 1 fully saturated rings. The Morgan fingerprint density at radius 2 is 1.95 bits per heavy atom. The summed E-state index contributed by atoms with van der Waals surface area (Å²) in [6, 6.07) is 6.70. The smallest absolute Gasteiger partial charge is 0.408 e. The first kappa shape index (κ1) is 31.4. The standard InChI is InChI=1S/C29H34Cl2N4O7/c1-7-38-26(36)29(34-27(37)41-28(4,5)6)11-10-19(14-29)40-18-8-9-20(21(30)13-18)23-33-24(42-35-23)17-12-22(31)25(32-15-17)39-16(2)3/h8-9,12-13,15-16,19H,7,10-11,14H2,1-6H3,(H,34,37). The summed E-state index contributed by atoms with van der Waals surface area (Å²) in [7, 11) is 0. The van der Waals surface area contributed by atoms with E-state index in [-0.39, 0.29) is 37.0 Å². The van der Waals surface area contributed by atoms with Crippen LogP contribution in [0.15, 0.2) is 35.0 Å². The molecule has 0 spiro atoms. The molecule has 1 amide bonds. The zero-order chi connectivity index (χ0) is 30.7.